The number of fused-ring (bicyclic) bond motifs is 1. The summed E-state index contributed by atoms with van der Waals surface area (Å²) in [4.78, 5) is 16.8. The predicted octanol–water partition coefficient (Wildman–Crippen LogP) is 4.41. The normalized spacial score (nSPS) is 10.8. The SMILES string of the molecule is COc1ccc(CC(=O)Nc2nc3cc(C)cc(C)c3s2)cc1C. The highest BCUT2D eigenvalue weighted by Crippen LogP contribution is 2.30. The van der Waals surface area contributed by atoms with E-state index in [4.69, 9.17) is 4.74 Å². The molecule has 0 unspecified atom stereocenters. The number of methoxy groups -OCH3 is 1. The summed E-state index contributed by atoms with van der Waals surface area (Å²) in [5, 5.41) is 3.56. The van der Waals surface area contributed by atoms with Crippen molar-refractivity contribution in [3.05, 3.63) is 52.6 Å². The highest BCUT2D eigenvalue weighted by molar-refractivity contribution is 7.22. The summed E-state index contributed by atoms with van der Waals surface area (Å²) in [5.74, 6) is 0.768. The first kappa shape index (κ1) is 16.5. The number of carbonyl (C=O) groups excluding carboxylic acids is 1. The molecule has 0 bridgehead atoms. The first-order chi connectivity index (χ1) is 11.5. The van der Waals surface area contributed by atoms with Gasteiger partial charge in [-0.3, -0.25) is 4.79 Å². The quantitative estimate of drug-likeness (QED) is 0.765. The monoisotopic (exact) mass is 340 g/mol. The number of nitrogens with one attached hydrogen (secondary N) is 1. The van der Waals surface area contributed by atoms with E-state index in [0.29, 0.717) is 11.6 Å². The molecule has 3 aromatic rings. The van der Waals surface area contributed by atoms with E-state index < -0.39 is 0 Å². The molecular formula is C19H20N2O2S. The first-order valence-corrected chi connectivity index (χ1v) is 8.59. The van der Waals surface area contributed by atoms with Crippen molar-refractivity contribution in [2.45, 2.75) is 27.2 Å². The molecule has 5 heteroatoms. The van der Waals surface area contributed by atoms with Gasteiger partial charge in [0.2, 0.25) is 5.91 Å². The summed E-state index contributed by atoms with van der Waals surface area (Å²) in [5.41, 5.74) is 5.28. The van der Waals surface area contributed by atoms with Gasteiger partial charge in [0.25, 0.3) is 0 Å². The number of ether oxygens (including phenoxy) is 1. The fraction of sp³-hybridized carbons (Fsp3) is 0.263. The minimum atomic E-state index is -0.0620. The third kappa shape index (κ3) is 3.41. The number of amides is 1. The number of anilines is 1. The predicted molar refractivity (Wildman–Crippen MR) is 99.2 cm³/mol. The maximum absolute atomic E-state index is 12.3. The van der Waals surface area contributed by atoms with E-state index in [-0.39, 0.29) is 5.91 Å². The molecule has 0 atom stereocenters. The van der Waals surface area contributed by atoms with E-state index in [1.807, 2.05) is 31.2 Å². The summed E-state index contributed by atoms with van der Waals surface area (Å²) >= 11 is 1.52. The molecule has 1 heterocycles. The van der Waals surface area contributed by atoms with Crippen LogP contribution in [-0.4, -0.2) is 18.0 Å². The lowest BCUT2D eigenvalue weighted by Crippen LogP contribution is -2.14. The molecule has 0 aliphatic carbocycles. The third-order valence-corrected chi connectivity index (χ3v) is 5.01. The van der Waals surface area contributed by atoms with E-state index in [0.717, 1.165) is 27.1 Å². The number of nitrogens with zero attached hydrogens (tertiary/aromatic N) is 1. The van der Waals surface area contributed by atoms with E-state index in [1.54, 1.807) is 7.11 Å². The van der Waals surface area contributed by atoms with Crippen molar-refractivity contribution in [2.75, 3.05) is 12.4 Å². The molecule has 0 aliphatic rings. The molecule has 0 fully saturated rings. The number of hydrogen-bond donors (Lipinski definition) is 1. The molecule has 1 amide bonds. The van der Waals surface area contributed by atoms with Gasteiger partial charge in [0, 0.05) is 0 Å². The van der Waals surface area contributed by atoms with Crippen molar-refractivity contribution in [1.29, 1.82) is 0 Å². The molecule has 1 N–H and O–H groups in total. The van der Waals surface area contributed by atoms with Crippen LogP contribution in [0.4, 0.5) is 5.13 Å². The molecular weight excluding hydrogens is 320 g/mol. The van der Waals surface area contributed by atoms with E-state index >= 15 is 0 Å². The molecule has 0 spiro atoms. The highest BCUT2D eigenvalue weighted by atomic mass is 32.1. The number of benzene rings is 2. The Morgan fingerprint density at radius 1 is 1.17 bits per heavy atom. The minimum absolute atomic E-state index is 0.0620. The average Bonchev–Trinajstić information content (AvgIpc) is 2.89. The summed E-state index contributed by atoms with van der Waals surface area (Å²) in [7, 11) is 1.64. The lowest BCUT2D eigenvalue weighted by Gasteiger charge is -2.07. The van der Waals surface area contributed by atoms with Crippen LogP contribution < -0.4 is 10.1 Å². The Morgan fingerprint density at radius 2 is 1.96 bits per heavy atom. The Hall–Kier alpha value is -2.40. The second kappa shape index (κ2) is 6.61. The Kier molecular flexibility index (Phi) is 4.53. The summed E-state index contributed by atoms with van der Waals surface area (Å²) in [6.45, 7) is 6.09. The van der Waals surface area contributed by atoms with Gasteiger partial charge in [0.05, 0.1) is 23.7 Å². The number of thiazole rings is 1. The van der Waals surface area contributed by atoms with Gasteiger partial charge >= 0.3 is 0 Å². The van der Waals surface area contributed by atoms with Crippen molar-refractivity contribution in [1.82, 2.24) is 4.98 Å². The van der Waals surface area contributed by atoms with Crippen molar-refractivity contribution in [3.8, 4) is 5.75 Å². The van der Waals surface area contributed by atoms with Crippen molar-refractivity contribution in [2.24, 2.45) is 0 Å². The Labute approximate surface area is 145 Å². The smallest absolute Gasteiger partial charge is 0.230 e. The van der Waals surface area contributed by atoms with Crippen molar-refractivity contribution in [3.63, 3.8) is 0 Å². The van der Waals surface area contributed by atoms with Crippen molar-refractivity contribution >= 4 is 32.6 Å². The molecule has 0 saturated heterocycles. The summed E-state index contributed by atoms with van der Waals surface area (Å²) in [6, 6.07) is 9.96. The number of hydrogen-bond acceptors (Lipinski definition) is 4. The van der Waals surface area contributed by atoms with E-state index in [9.17, 15) is 4.79 Å². The molecule has 0 aliphatic heterocycles. The molecule has 0 saturated carbocycles. The lowest BCUT2D eigenvalue weighted by atomic mass is 10.1. The van der Waals surface area contributed by atoms with E-state index in [2.05, 4.69) is 30.2 Å². The van der Waals surface area contributed by atoms with Crippen LogP contribution in [0.1, 0.15) is 22.3 Å². The number of rotatable bonds is 4. The molecule has 124 valence electrons. The molecule has 24 heavy (non-hydrogen) atoms. The van der Waals surface area contributed by atoms with Crippen LogP contribution in [0.15, 0.2) is 30.3 Å². The Balaban J connectivity index is 1.75. The van der Waals surface area contributed by atoms with Crippen molar-refractivity contribution < 1.29 is 9.53 Å². The number of carbonyl (C=O) groups is 1. The fourth-order valence-electron chi connectivity index (χ4n) is 2.83. The Morgan fingerprint density at radius 3 is 2.67 bits per heavy atom. The highest BCUT2D eigenvalue weighted by Gasteiger charge is 2.11. The van der Waals surface area contributed by atoms with Gasteiger partial charge in [-0.25, -0.2) is 4.98 Å². The van der Waals surface area contributed by atoms with Gasteiger partial charge in [-0.2, -0.15) is 0 Å². The average molecular weight is 340 g/mol. The van der Waals surface area contributed by atoms with Gasteiger partial charge in [-0.1, -0.05) is 29.5 Å². The first-order valence-electron chi connectivity index (χ1n) is 7.77. The molecule has 4 nitrogen and oxygen atoms in total. The standard InChI is InChI=1S/C19H20N2O2S/c1-11-7-13(3)18-15(8-11)20-19(24-18)21-17(22)10-14-5-6-16(23-4)12(2)9-14/h5-9H,10H2,1-4H3,(H,20,21,22). The number of aryl methyl sites for hydroxylation is 3. The summed E-state index contributed by atoms with van der Waals surface area (Å²) in [6.07, 6.45) is 0.318. The zero-order chi connectivity index (χ0) is 17.3. The van der Waals surface area contributed by atoms with Crippen LogP contribution in [-0.2, 0) is 11.2 Å². The maximum Gasteiger partial charge on any atom is 0.230 e. The van der Waals surface area contributed by atoms with Gasteiger partial charge < -0.3 is 10.1 Å². The van der Waals surface area contributed by atoms with Gasteiger partial charge in [0.15, 0.2) is 5.13 Å². The Bertz CT molecular complexity index is 915. The van der Waals surface area contributed by atoms with Gasteiger partial charge in [-0.05, 0) is 55.2 Å². The maximum atomic E-state index is 12.3. The van der Waals surface area contributed by atoms with Crippen LogP contribution in [0.5, 0.6) is 5.75 Å². The van der Waals surface area contributed by atoms with E-state index in [1.165, 1.54) is 22.5 Å². The van der Waals surface area contributed by atoms with Gasteiger partial charge in [0.1, 0.15) is 5.75 Å². The number of aromatic nitrogens is 1. The molecule has 1 aromatic heterocycles. The largest absolute Gasteiger partial charge is 0.496 e. The molecule has 3 rings (SSSR count). The van der Waals surface area contributed by atoms with Gasteiger partial charge in [-0.15, -0.1) is 0 Å². The minimum Gasteiger partial charge on any atom is -0.496 e. The zero-order valence-electron chi connectivity index (χ0n) is 14.3. The zero-order valence-corrected chi connectivity index (χ0v) is 15.1. The fourth-order valence-corrected chi connectivity index (χ4v) is 3.76. The van der Waals surface area contributed by atoms with Crippen LogP contribution >= 0.6 is 11.3 Å². The third-order valence-electron chi connectivity index (χ3n) is 3.89. The lowest BCUT2D eigenvalue weighted by molar-refractivity contribution is -0.115. The van der Waals surface area contributed by atoms with Crippen LogP contribution in [0.3, 0.4) is 0 Å². The molecule has 2 aromatic carbocycles. The topological polar surface area (TPSA) is 51.2 Å². The second-order valence-electron chi connectivity index (χ2n) is 5.98. The summed E-state index contributed by atoms with van der Waals surface area (Å²) < 4.78 is 6.37. The van der Waals surface area contributed by atoms with Crippen LogP contribution in [0, 0.1) is 20.8 Å². The van der Waals surface area contributed by atoms with Crippen LogP contribution in [0.25, 0.3) is 10.2 Å². The second-order valence-corrected chi connectivity index (χ2v) is 6.98. The van der Waals surface area contributed by atoms with Crippen LogP contribution in [0.2, 0.25) is 0 Å². The molecule has 0 radical (unpaired) electrons.